The van der Waals surface area contributed by atoms with Gasteiger partial charge in [-0.25, -0.2) is 0 Å². The number of hydrogen-bond acceptors (Lipinski definition) is 4. The van der Waals surface area contributed by atoms with Gasteiger partial charge in [0.1, 0.15) is 11.0 Å². The zero-order valence-electron chi connectivity index (χ0n) is 15.3. The molecule has 2 N–H and O–H groups in total. The Morgan fingerprint density at radius 3 is 2.80 bits per heavy atom. The van der Waals surface area contributed by atoms with Crippen molar-refractivity contribution in [3.63, 3.8) is 0 Å². The third kappa shape index (κ3) is 1.45. The van der Waals surface area contributed by atoms with E-state index in [1.807, 2.05) is 13.0 Å². The van der Waals surface area contributed by atoms with Gasteiger partial charge in [-0.2, -0.15) is 0 Å². The predicted molar refractivity (Wildman–Crippen MR) is 92.4 cm³/mol. The third-order valence-electron chi connectivity index (χ3n) is 8.64. The highest BCUT2D eigenvalue weighted by atomic mass is 16.6. The summed E-state index contributed by atoms with van der Waals surface area (Å²) in [7, 11) is 0. The lowest BCUT2D eigenvalue weighted by atomic mass is 9.58. The predicted octanol–water partition coefficient (Wildman–Crippen LogP) is 2.60. The maximum atomic E-state index is 12.9. The number of aliphatic hydroxyl groups excluding tert-OH is 1. The molecule has 3 saturated carbocycles. The Bertz CT molecular complexity index is 725. The maximum absolute atomic E-state index is 12.9. The summed E-state index contributed by atoms with van der Waals surface area (Å²) in [6.45, 7) is 10.5. The lowest BCUT2D eigenvalue weighted by Crippen LogP contribution is -2.50. The molecule has 4 bridgehead atoms. The average Bonchev–Trinajstić information content (AvgIpc) is 2.95. The molecule has 0 aromatic heterocycles. The lowest BCUT2D eigenvalue weighted by Gasteiger charge is -2.46. The molecular formula is C21H28O4. The van der Waals surface area contributed by atoms with Crippen LogP contribution in [0.3, 0.4) is 0 Å². The number of aliphatic hydroxyl groups is 2. The molecular weight excluding hydrogens is 316 g/mol. The molecule has 4 aliphatic carbocycles. The largest absolute Gasteiger partial charge is 0.454 e. The van der Waals surface area contributed by atoms with Crippen molar-refractivity contribution >= 4 is 5.97 Å². The minimum Gasteiger partial charge on any atom is -0.454 e. The third-order valence-corrected chi connectivity index (χ3v) is 8.64. The first-order chi connectivity index (χ1) is 11.6. The highest BCUT2D eigenvalue weighted by Crippen LogP contribution is 2.78. The molecule has 2 unspecified atom stereocenters. The number of esters is 1. The molecule has 5 aliphatic rings. The summed E-state index contributed by atoms with van der Waals surface area (Å²) in [5.41, 5.74) is -1.41. The first-order valence-corrected chi connectivity index (χ1v) is 9.63. The van der Waals surface area contributed by atoms with Gasteiger partial charge >= 0.3 is 5.97 Å². The van der Waals surface area contributed by atoms with Crippen molar-refractivity contribution < 1.29 is 19.7 Å². The first-order valence-electron chi connectivity index (χ1n) is 9.63. The van der Waals surface area contributed by atoms with Gasteiger partial charge in [0.25, 0.3) is 0 Å². The zero-order chi connectivity index (χ0) is 18.0. The Morgan fingerprint density at radius 1 is 1.40 bits per heavy atom. The monoisotopic (exact) mass is 344 g/mol. The van der Waals surface area contributed by atoms with Crippen LogP contribution in [-0.2, 0) is 9.53 Å². The van der Waals surface area contributed by atoms with Gasteiger partial charge in [-0.05, 0) is 61.5 Å². The molecule has 5 rings (SSSR count). The summed E-state index contributed by atoms with van der Waals surface area (Å²) < 4.78 is 6.14. The molecule has 8 atom stereocenters. The summed E-state index contributed by atoms with van der Waals surface area (Å²) in [5.74, 6) is 0.472. The second-order valence-corrected chi connectivity index (χ2v) is 9.89. The molecule has 1 heterocycles. The van der Waals surface area contributed by atoms with Crippen LogP contribution >= 0.6 is 0 Å². The van der Waals surface area contributed by atoms with Crippen LogP contribution in [0, 0.1) is 34.5 Å². The molecule has 0 aromatic carbocycles. The minimum absolute atomic E-state index is 0.0363. The lowest BCUT2D eigenvalue weighted by molar-refractivity contribution is -0.160. The van der Waals surface area contributed by atoms with Gasteiger partial charge < -0.3 is 14.9 Å². The molecule has 0 radical (unpaired) electrons. The SMILES string of the molecule is C=C1C[C@]23CC1(O)CC[C@H]2[C@@]12C=C[C@H](O)[C@@](C)(C(=O)O1)C2[C@@H]3C(C)C. The highest BCUT2D eigenvalue weighted by molar-refractivity contribution is 5.83. The summed E-state index contributed by atoms with van der Waals surface area (Å²) in [5, 5.41) is 21.8. The highest BCUT2D eigenvalue weighted by Gasteiger charge is 2.82. The molecule has 1 aliphatic heterocycles. The second kappa shape index (κ2) is 4.23. The number of carbonyl (C=O) groups is 1. The van der Waals surface area contributed by atoms with Crippen LogP contribution < -0.4 is 0 Å². The van der Waals surface area contributed by atoms with Gasteiger partial charge in [-0.3, -0.25) is 4.79 Å². The standard InChI is InChI=1S/C21H28O4/c1-11(2)15-16-18(4)14(22)6-8-21(16,25-17(18)23)13-5-7-20(24)10-19(13,15)9-12(20)3/h6,8,11,13-16,22,24H,3,5,7,9-10H2,1-2,4H3/t13-,14+,15+,16?,18-,19+,20?,21-/m1/s1. The van der Waals surface area contributed by atoms with Gasteiger partial charge in [0.05, 0.1) is 11.7 Å². The van der Waals surface area contributed by atoms with Crippen molar-refractivity contribution in [1.82, 2.24) is 0 Å². The van der Waals surface area contributed by atoms with Gasteiger partial charge in [0.15, 0.2) is 0 Å². The molecule has 4 heteroatoms. The fourth-order valence-corrected chi connectivity index (χ4v) is 7.87. The zero-order valence-corrected chi connectivity index (χ0v) is 15.3. The van der Waals surface area contributed by atoms with Crippen molar-refractivity contribution in [2.24, 2.45) is 34.5 Å². The number of hydrogen-bond donors (Lipinski definition) is 2. The second-order valence-electron chi connectivity index (χ2n) is 9.89. The van der Waals surface area contributed by atoms with Gasteiger partial charge in [0.2, 0.25) is 0 Å². The summed E-state index contributed by atoms with van der Waals surface area (Å²) in [6, 6.07) is 0. The van der Waals surface area contributed by atoms with Gasteiger partial charge in [-0.15, -0.1) is 0 Å². The Balaban J connectivity index is 1.77. The van der Waals surface area contributed by atoms with E-state index >= 15 is 0 Å². The van der Waals surface area contributed by atoms with E-state index in [9.17, 15) is 15.0 Å². The number of ether oxygens (including phenoxy) is 1. The van der Waals surface area contributed by atoms with Crippen molar-refractivity contribution in [3.05, 3.63) is 24.3 Å². The van der Waals surface area contributed by atoms with E-state index in [2.05, 4.69) is 20.4 Å². The molecule has 1 spiro atoms. The summed E-state index contributed by atoms with van der Waals surface area (Å²) in [4.78, 5) is 12.9. The Kier molecular flexibility index (Phi) is 2.72. The van der Waals surface area contributed by atoms with Crippen LogP contribution in [0.15, 0.2) is 24.3 Å². The van der Waals surface area contributed by atoms with Crippen molar-refractivity contribution in [3.8, 4) is 0 Å². The summed E-state index contributed by atoms with van der Waals surface area (Å²) in [6.07, 6.45) is 6.05. The van der Waals surface area contributed by atoms with Crippen molar-refractivity contribution in [1.29, 1.82) is 0 Å². The summed E-state index contributed by atoms with van der Waals surface area (Å²) >= 11 is 0. The van der Waals surface area contributed by atoms with Crippen molar-refractivity contribution in [2.75, 3.05) is 0 Å². The normalized spacial score (nSPS) is 58.5. The molecule has 136 valence electrons. The molecule has 4 nitrogen and oxygen atoms in total. The Morgan fingerprint density at radius 2 is 2.12 bits per heavy atom. The molecule has 25 heavy (non-hydrogen) atoms. The van der Waals surface area contributed by atoms with Gasteiger partial charge in [-0.1, -0.05) is 26.5 Å². The van der Waals surface area contributed by atoms with E-state index in [1.165, 1.54) is 0 Å². The van der Waals surface area contributed by atoms with Crippen LogP contribution in [0.25, 0.3) is 0 Å². The Hall–Kier alpha value is -1.13. The molecule has 0 aromatic rings. The smallest absolute Gasteiger partial charge is 0.316 e. The van der Waals surface area contributed by atoms with E-state index in [4.69, 9.17) is 4.74 Å². The van der Waals surface area contributed by atoms with Gasteiger partial charge in [0, 0.05) is 11.8 Å². The van der Waals surface area contributed by atoms with Crippen LogP contribution in [0.5, 0.6) is 0 Å². The van der Waals surface area contributed by atoms with Crippen LogP contribution in [0.1, 0.15) is 46.5 Å². The number of carbonyl (C=O) groups excluding carboxylic acids is 1. The number of rotatable bonds is 1. The average molecular weight is 344 g/mol. The topological polar surface area (TPSA) is 66.8 Å². The van der Waals surface area contributed by atoms with Crippen LogP contribution in [0.2, 0.25) is 0 Å². The van der Waals surface area contributed by atoms with E-state index in [1.54, 1.807) is 6.08 Å². The molecule has 4 fully saturated rings. The maximum Gasteiger partial charge on any atom is 0.316 e. The van der Waals surface area contributed by atoms with E-state index < -0.39 is 22.7 Å². The van der Waals surface area contributed by atoms with E-state index in [-0.39, 0.29) is 29.1 Å². The quantitative estimate of drug-likeness (QED) is 0.567. The molecule has 0 amide bonds. The Labute approximate surface area is 148 Å². The number of fused-ring (bicyclic) bond motifs is 1. The molecule has 1 saturated heterocycles. The van der Waals surface area contributed by atoms with Crippen LogP contribution in [-0.4, -0.2) is 33.5 Å². The first kappa shape index (κ1) is 16.1. The minimum atomic E-state index is -0.891. The van der Waals surface area contributed by atoms with E-state index in [0.29, 0.717) is 12.3 Å². The fraction of sp³-hybridized carbons (Fsp3) is 0.762. The fourth-order valence-electron chi connectivity index (χ4n) is 7.87. The van der Waals surface area contributed by atoms with Crippen LogP contribution in [0.4, 0.5) is 0 Å². The van der Waals surface area contributed by atoms with Crippen molar-refractivity contribution in [2.45, 2.75) is 63.8 Å². The van der Waals surface area contributed by atoms with E-state index in [0.717, 1.165) is 24.8 Å².